The first kappa shape index (κ1) is 12.9. The van der Waals surface area contributed by atoms with Crippen molar-refractivity contribution in [2.75, 3.05) is 11.1 Å². The van der Waals surface area contributed by atoms with Crippen LogP contribution in [0.3, 0.4) is 0 Å². The van der Waals surface area contributed by atoms with Crippen molar-refractivity contribution in [3.63, 3.8) is 0 Å². The summed E-state index contributed by atoms with van der Waals surface area (Å²) in [6, 6.07) is 8.06. The van der Waals surface area contributed by atoms with Gasteiger partial charge in [-0.2, -0.15) is 0 Å². The summed E-state index contributed by atoms with van der Waals surface area (Å²) >= 11 is 1.67. The minimum atomic E-state index is 0.163. The van der Waals surface area contributed by atoms with Crippen molar-refractivity contribution in [1.82, 2.24) is 9.97 Å². The van der Waals surface area contributed by atoms with E-state index in [0.29, 0.717) is 0 Å². The highest BCUT2D eigenvalue weighted by Gasteiger charge is 2.11. The average Bonchev–Trinajstić information content (AvgIpc) is 2.82. The van der Waals surface area contributed by atoms with E-state index in [2.05, 4.69) is 34.5 Å². The fourth-order valence-electron chi connectivity index (χ4n) is 2.15. The summed E-state index contributed by atoms with van der Waals surface area (Å²) in [6.45, 7) is 4.18. The van der Waals surface area contributed by atoms with Crippen molar-refractivity contribution in [1.29, 1.82) is 0 Å². The van der Waals surface area contributed by atoms with Gasteiger partial charge in [0, 0.05) is 11.7 Å². The third kappa shape index (κ3) is 2.32. The van der Waals surface area contributed by atoms with Crippen LogP contribution in [0.15, 0.2) is 36.0 Å². The number of nitrogen functional groups attached to an aromatic ring is 1. The fraction of sp³-hybridized carbons (Fsp3) is 0.200. The van der Waals surface area contributed by atoms with Crippen molar-refractivity contribution in [2.45, 2.75) is 19.9 Å². The van der Waals surface area contributed by atoms with Gasteiger partial charge in [-0.3, -0.25) is 0 Å². The summed E-state index contributed by atoms with van der Waals surface area (Å²) in [5, 5.41) is 5.56. The van der Waals surface area contributed by atoms with Crippen LogP contribution in [0.2, 0.25) is 0 Å². The first-order valence-corrected chi connectivity index (χ1v) is 7.34. The van der Waals surface area contributed by atoms with Gasteiger partial charge in [0.05, 0.1) is 10.2 Å². The van der Waals surface area contributed by atoms with Crippen LogP contribution < -0.4 is 11.1 Å². The number of aryl methyl sites for hydroxylation is 1. The van der Waals surface area contributed by atoms with E-state index in [4.69, 9.17) is 5.73 Å². The molecule has 2 heterocycles. The number of hydrogen-bond acceptors (Lipinski definition) is 5. The molecule has 3 rings (SSSR count). The van der Waals surface area contributed by atoms with E-state index >= 15 is 0 Å². The van der Waals surface area contributed by atoms with Gasteiger partial charge >= 0.3 is 0 Å². The summed E-state index contributed by atoms with van der Waals surface area (Å²) in [7, 11) is 0. The van der Waals surface area contributed by atoms with Gasteiger partial charge in [-0.25, -0.2) is 9.97 Å². The molecule has 1 unspecified atom stereocenters. The lowest BCUT2D eigenvalue weighted by Crippen LogP contribution is -2.08. The molecule has 0 radical (unpaired) electrons. The third-order valence-corrected chi connectivity index (χ3v) is 4.41. The van der Waals surface area contributed by atoms with E-state index in [9.17, 15) is 0 Å². The van der Waals surface area contributed by atoms with Gasteiger partial charge in [-0.1, -0.05) is 12.1 Å². The Bertz CT molecular complexity index is 733. The molecule has 0 saturated carbocycles. The van der Waals surface area contributed by atoms with Gasteiger partial charge in [-0.05, 0) is 42.5 Å². The SMILES string of the molecule is Cc1csc2c(NC(C)c3ccc(N)cc3)ncnc12. The molecule has 5 heteroatoms. The van der Waals surface area contributed by atoms with Crippen LogP contribution in [-0.4, -0.2) is 9.97 Å². The number of rotatable bonds is 3. The highest BCUT2D eigenvalue weighted by atomic mass is 32.1. The molecule has 1 atom stereocenters. The standard InChI is InChI=1S/C15H16N4S/c1-9-7-20-14-13(9)17-8-18-15(14)19-10(2)11-3-5-12(16)6-4-11/h3-8,10H,16H2,1-2H3,(H,17,18,19). The molecular formula is C15H16N4S. The number of thiophene rings is 1. The zero-order valence-electron chi connectivity index (χ0n) is 11.4. The zero-order chi connectivity index (χ0) is 14.1. The van der Waals surface area contributed by atoms with Gasteiger partial charge in [0.1, 0.15) is 12.1 Å². The van der Waals surface area contributed by atoms with E-state index in [1.165, 1.54) is 11.1 Å². The van der Waals surface area contributed by atoms with E-state index < -0.39 is 0 Å². The number of aromatic nitrogens is 2. The Kier molecular flexibility index (Phi) is 3.28. The molecule has 0 aliphatic heterocycles. The molecule has 4 nitrogen and oxygen atoms in total. The second-order valence-electron chi connectivity index (χ2n) is 4.85. The third-order valence-electron chi connectivity index (χ3n) is 3.32. The van der Waals surface area contributed by atoms with Crippen LogP contribution in [0.25, 0.3) is 10.2 Å². The summed E-state index contributed by atoms with van der Waals surface area (Å²) in [5.74, 6) is 0.887. The lowest BCUT2D eigenvalue weighted by atomic mass is 10.1. The number of anilines is 2. The maximum Gasteiger partial charge on any atom is 0.147 e. The van der Waals surface area contributed by atoms with Crippen LogP contribution in [-0.2, 0) is 0 Å². The highest BCUT2D eigenvalue weighted by molar-refractivity contribution is 7.18. The van der Waals surface area contributed by atoms with Crippen LogP contribution >= 0.6 is 11.3 Å². The Morgan fingerprint density at radius 1 is 1.20 bits per heavy atom. The first-order chi connectivity index (χ1) is 9.65. The van der Waals surface area contributed by atoms with Crippen LogP contribution in [0.1, 0.15) is 24.1 Å². The fourth-order valence-corrected chi connectivity index (χ4v) is 3.10. The molecule has 1 aromatic carbocycles. The highest BCUT2D eigenvalue weighted by Crippen LogP contribution is 2.30. The van der Waals surface area contributed by atoms with Gasteiger partial charge < -0.3 is 11.1 Å². The second kappa shape index (κ2) is 5.09. The molecule has 20 heavy (non-hydrogen) atoms. The van der Waals surface area contributed by atoms with Gasteiger partial charge in [0.15, 0.2) is 0 Å². The maximum absolute atomic E-state index is 5.72. The summed E-state index contributed by atoms with van der Waals surface area (Å²) in [5.41, 5.74) is 9.89. The number of nitrogens with zero attached hydrogens (tertiary/aromatic N) is 2. The molecule has 2 aromatic heterocycles. The monoisotopic (exact) mass is 284 g/mol. The minimum Gasteiger partial charge on any atom is -0.399 e. The lowest BCUT2D eigenvalue weighted by Gasteiger charge is -2.15. The molecule has 0 bridgehead atoms. The zero-order valence-corrected chi connectivity index (χ0v) is 12.2. The van der Waals surface area contributed by atoms with E-state index in [1.54, 1.807) is 17.7 Å². The largest absolute Gasteiger partial charge is 0.399 e. The molecule has 0 spiro atoms. The summed E-state index contributed by atoms with van der Waals surface area (Å²) in [4.78, 5) is 8.70. The Balaban J connectivity index is 1.91. The number of hydrogen-bond donors (Lipinski definition) is 2. The smallest absolute Gasteiger partial charge is 0.147 e. The van der Waals surface area contributed by atoms with Crippen molar-refractivity contribution in [3.8, 4) is 0 Å². The average molecular weight is 284 g/mol. The van der Waals surface area contributed by atoms with Gasteiger partial charge in [0.25, 0.3) is 0 Å². The van der Waals surface area contributed by atoms with Gasteiger partial charge in [0.2, 0.25) is 0 Å². The molecule has 0 saturated heterocycles. The molecular weight excluding hydrogens is 268 g/mol. The van der Waals surface area contributed by atoms with E-state index in [-0.39, 0.29) is 6.04 Å². The molecule has 102 valence electrons. The lowest BCUT2D eigenvalue weighted by molar-refractivity contribution is 0.876. The molecule has 0 fully saturated rings. The van der Waals surface area contributed by atoms with E-state index in [1.807, 2.05) is 24.3 Å². The van der Waals surface area contributed by atoms with Crippen LogP contribution in [0.4, 0.5) is 11.5 Å². The Morgan fingerprint density at radius 3 is 2.70 bits per heavy atom. The molecule has 3 N–H and O–H groups in total. The number of fused-ring (bicyclic) bond motifs is 1. The van der Waals surface area contributed by atoms with Gasteiger partial charge in [-0.15, -0.1) is 11.3 Å². The van der Waals surface area contributed by atoms with Crippen molar-refractivity contribution in [2.24, 2.45) is 0 Å². The predicted octanol–water partition coefficient (Wildman–Crippen LogP) is 3.76. The number of nitrogens with one attached hydrogen (secondary N) is 1. The Morgan fingerprint density at radius 2 is 1.95 bits per heavy atom. The quantitative estimate of drug-likeness (QED) is 0.719. The van der Waals surface area contributed by atoms with Crippen LogP contribution in [0.5, 0.6) is 0 Å². The first-order valence-electron chi connectivity index (χ1n) is 6.46. The molecule has 0 amide bonds. The topological polar surface area (TPSA) is 63.8 Å². The molecule has 3 aromatic rings. The number of nitrogens with two attached hydrogens (primary N) is 1. The Hall–Kier alpha value is -2.14. The van der Waals surface area contributed by atoms with Crippen molar-refractivity contribution < 1.29 is 0 Å². The minimum absolute atomic E-state index is 0.163. The number of benzene rings is 1. The van der Waals surface area contributed by atoms with Crippen molar-refractivity contribution in [3.05, 3.63) is 47.1 Å². The molecule has 0 aliphatic rings. The van der Waals surface area contributed by atoms with Crippen LogP contribution in [0, 0.1) is 6.92 Å². The second-order valence-corrected chi connectivity index (χ2v) is 5.73. The predicted molar refractivity (Wildman–Crippen MR) is 85.0 cm³/mol. The Labute approximate surface area is 121 Å². The van der Waals surface area contributed by atoms with E-state index in [0.717, 1.165) is 21.7 Å². The summed E-state index contributed by atoms with van der Waals surface area (Å²) in [6.07, 6.45) is 1.61. The maximum atomic E-state index is 5.72. The van der Waals surface area contributed by atoms with Crippen molar-refractivity contribution >= 4 is 33.1 Å². The summed E-state index contributed by atoms with van der Waals surface area (Å²) < 4.78 is 1.10. The molecule has 0 aliphatic carbocycles. The normalized spacial score (nSPS) is 12.5.